The molecule has 1 fully saturated rings. The van der Waals surface area contributed by atoms with E-state index in [0.29, 0.717) is 6.04 Å². The van der Waals surface area contributed by atoms with Gasteiger partial charge in [-0.3, -0.25) is 0 Å². The Kier molecular flexibility index (Phi) is 5.56. The molecular formula is C16H24FN3O. The molecule has 1 aromatic carbocycles. The van der Waals surface area contributed by atoms with Gasteiger partial charge in [-0.2, -0.15) is 0 Å². The smallest absolute Gasteiger partial charge is 0.319 e. The van der Waals surface area contributed by atoms with Gasteiger partial charge in [-0.15, -0.1) is 0 Å². The van der Waals surface area contributed by atoms with Crippen molar-refractivity contribution in [2.75, 3.05) is 33.7 Å². The molecule has 21 heavy (non-hydrogen) atoms. The quantitative estimate of drug-likeness (QED) is 0.923. The first kappa shape index (κ1) is 15.8. The van der Waals surface area contributed by atoms with Crippen LogP contribution in [0.25, 0.3) is 0 Å². The normalized spacial score (nSPS) is 16.0. The zero-order valence-electron chi connectivity index (χ0n) is 12.8. The van der Waals surface area contributed by atoms with Crippen LogP contribution in [0.1, 0.15) is 18.4 Å². The highest BCUT2D eigenvalue weighted by Crippen LogP contribution is 2.12. The number of nitrogens with one attached hydrogen (secondary N) is 1. The van der Waals surface area contributed by atoms with E-state index < -0.39 is 0 Å². The summed E-state index contributed by atoms with van der Waals surface area (Å²) in [5, 5.41) is 3.50. The van der Waals surface area contributed by atoms with Gasteiger partial charge in [-0.1, -0.05) is 12.1 Å². The highest BCUT2D eigenvalue weighted by atomic mass is 19.1. The number of benzene rings is 1. The minimum Gasteiger partial charge on any atom is -0.331 e. The molecule has 0 bridgehead atoms. The SMILES string of the molecule is CN(C)C(=O)N1CCC(NCCc2cccc(F)c2)CC1. The lowest BCUT2D eigenvalue weighted by atomic mass is 10.0. The molecule has 4 nitrogen and oxygen atoms in total. The monoisotopic (exact) mass is 293 g/mol. The molecule has 0 spiro atoms. The Hall–Kier alpha value is -1.62. The molecule has 1 saturated heterocycles. The predicted octanol–water partition coefficient (Wildman–Crippen LogP) is 2.10. The predicted molar refractivity (Wildman–Crippen MR) is 81.8 cm³/mol. The van der Waals surface area contributed by atoms with E-state index in [1.165, 1.54) is 6.07 Å². The Labute approximate surface area is 125 Å². The molecule has 1 heterocycles. The van der Waals surface area contributed by atoms with Crippen LogP contribution >= 0.6 is 0 Å². The summed E-state index contributed by atoms with van der Waals surface area (Å²) in [5.41, 5.74) is 1.02. The highest BCUT2D eigenvalue weighted by Gasteiger charge is 2.23. The van der Waals surface area contributed by atoms with E-state index >= 15 is 0 Å². The summed E-state index contributed by atoms with van der Waals surface area (Å²) in [7, 11) is 3.57. The largest absolute Gasteiger partial charge is 0.331 e. The number of piperidine rings is 1. The van der Waals surface area contributed by atoms with Crippen LogP contribution in [-0.2, 0) is 6.42 Å². The van der Waals surface area contributed by atoms with E-state index in [-0.39, 0.29) is 11.8 Å². The summed E-state index contributed by atoms with van der Waals surface area (Å²) in [6, 6.07) is 7.28. The fourth-order valence-corrected chi connectivity index (χ4v) is 2.67. The van der Waals surface area contributed by atoms with E-state index in [0.717, 1.165) is 44.5 Å². The van der Waals surface area contributed by atoms with Gasteiger partial charge in [-0.05, 0) is 43.5 Å². The summed E-state index contributed by atoms with van der Waals surface area (Å²) in [5.74, 6) is -0.178. The Bertz CT molecular complexity index is 470. The van der Waals surface area contributed by atoms with Crippen LogP contribution < -0.4 is 5.32 Å². The second kappa shape index (κ2) is 7.41. The van der Waals surface area contributed by atoms with Gasteiger partial charge in [0.05, 0.1) is 0 Å². The number of nitrogens with zero attached hydrogens (tertiary/aromatic N) is 2. The van der Waals surface area contributed by atoms with E-state index in [2.05, 4.69) is 5.32 Å². The highest BCUT2D eigenvalue weighted by molar-refractivity contribution is 5.73. The second-order valence-electron chi connectivity index (χ2n) is 5.77. The van der Waals surface area contributed by atoms with Crippen molar-refractivity contribution in [1.29, 1.82) is 0 Å². The lowest BCUT2D eigenvalue weighted by Gasteiger charge is -2.34. The fourth-order valence-electron chi connectivity index (χ4n) is 2.67. The van der Waals surface area contributed by atoms with Gasteiger partial charge < -0.3 is 15.1 Å². The molecule has 5 heteroatoms. The number of carbonyl (C=O) groups excluding carboxylic acids is 1. The van der Waals surface area contributed by atoms with E-state index in [1.807, 2.05) is 11.0 Å². The standard InChI is InChI=1S/C16H24FN3O/c1-19(2)16(21)20-10-7-15(8-11-20)18-9-6-13-4-3-5-14(17)12-13/h3-5,12,15,18H,6-11H2,1-2H3. The van der Waals surface area contributed by atoms with Crippen molar-refractivity contribution in [3.63, 3.8) is 0 Å². The number of hydrogen-bond donors (Lipinski definition) is 1. The van der Waals surface area contributed by atoms with Crippen LogP contribution in [0.4, 0.5) is 9.18 Å². The molecule has 2 amide bonds. The number of likely N-dealkylation sites (tertiary alicyclic amines) is 1. The van der Waals surface area contributed by atoms with Crippen LogP contribution in [0.3, 0.4) is 0 Å². The first-order chi connectivity index (χ1) is 10.1. The minimum atomic E-state index is -0.178. The summed E-state index contributed by atoms with van der Waals surface area (Å²) in [6.07, 6.45) is 2.78. The van der Waals surface area contributed by atoms with Gasteiger partial charge in [0, 0.05) is 33.2 Å². The minimum absolute atomic E-state index is 0.0909. The molecule has 1 N–H and O–H groups in total. The molecule has 0 unspecified atom stereocenters. The van der Waals surface area contributed by atoms with Crippen LogP contribution in [0.5, 0.6) is 0 Å². The lowest BCUT2D eigenvalue weighted by molar-refractivity contribution is 0.152. The van der Waals surface area contributed by atoms with E-state index in [1.54, 1.807) is 31.1 Å². The molecule has 0 saturated carbocycles. The molecule has 0 radical (unpaired) electrons. The van der Waals surface area contributed by atoms with Gasteiger partial charge in [0.1, 0.15) is 5.82 Å². The Morgan fingerprint density at radius 3 is 2.71 bits per heavy atom. The van der Waals surface area contributed by atoms with Crippen LogP contribution in [0.15, 0.2) is 24.3 Å². The number of hydrogen-bond acceptors (Lipinski definition) is 2. The van der Waals surface area contributed by atoms with Crippen molar-refractivity contribution < 1.29 is 9.18 Å². The zero-order valence-corrected chi connectivity index (χ0v) is 12.8. The Balaban J connectivity index is 1.68. The molecule has 2 rings (SSSR count). The third kappa shape index (κ3) is 4.70. The van der Waals surface area contributed by atoms with Crippen LogP contribution in [-0.4, -0.2) is 55.6 Å². The number of rotatable bonds is 4. The molecule has 0 atom stereocenters. The molecule has 0 aliphatic carbocycles. The zero-order chi connectivity index (χ0) is 15.2. The van der Waals surface area contributed by atoms with Crippen molar-refractivity contribution in [3.05, 3.63) is 35.6 Å². The lowest BCUT2D eigenvalue weighted by Crippen LogP contribution is -2.48. The average molecular weight is 293 g/mol. The van der Waals surface area contributed by atoms with Crippen molar-refractivity contribution in [1.82, 2.24) is 15.1 Å². The van der Waals surface area contributed by atoms with Crippen LogP contribution in [0.2, 0.25) is 0 Å². The molecule has 1 aliphatic rings. The van der Waals surface area contributed by atoms with Gasteiger partial charge in [0.25, 0.3) is 0 Å². The average Bonchev–Trinajstić information content (AvgIpc) is 2.47. The Morgan fingerprint density at radius 1 is 1.38 bits per heavy atom. The van der Waals surface area contributed by atoms with E-state index in [4.69, 9.17) is 0 Å². The van der Waals surface area contributed by atoms with Crippen molar-refractivity contribution >= 4 is 6.03 Å². The van der Waals surface area contributed by atoms with Gasteiger partial charge in [-0.25, -0.2) is 9.18 Å². The first-order valence-corrected chi connectivity index (χ1v) is 7.50. The fraction of sp³-hybridized carbons (Fsp3) is 0.562. The van der Waals surface area contributed by atoms with E-state index in [9.17, 15) is 9.18 Å². The third-order valence-electron chi connectivity index (χ3n) is 3.88. The van der Waals surface area contributed by atoms with Crippen LogP contribution in [0, 0.1) is 5.82 Å². The molecule has 0 aromatic heterocycles. The maximum atomic E-state index is 13.1. The molecule has 1 aliphatic heterocycles. The van der Waals surface area contributed by atoms with Gasteiger partial charge in [0.15, 0.2) is 0 Å². The third-order valence-corrected chi connectivity index (χ3v) is 3.88. The first-order valence-electron chi connectivity index (χ1n) is 7.50. The number of halogens is 1. The summed E-state index contributed by atoms with van der Waals surface area (Å²) < 4.78 is 13.1. The van der Waals surface area contributed by atoms with Crippen molar-refractivity contribution in [2.24, 2.45) is 0 Å². The van der Waals surface area contributed by atoms with Gasteiger partial charge >= 0.3 is 6.03 Å². The second-order valence-corrected chi connectivity index (χ2v) is 5.77. The summed E-state index contributed by atoms with van der Waals surface area (Å²) >= 11 is 0. The molecule has 1 aromatic rings. The number of amides is 2. The molecule has 116 valence electrons. The molecular weight excluding hydrogens is 269 g/mol. The number of urea groups is 1. The van der Waals surface area contributed by atoms with Crippen molar-refractivity contribution in [3.8, 4) is 0 Å². The summed E-state index contributed by atoms with van der Waals surface area (Å²) in [4.78, 5) is 15.3. The maximum Gasteiger partial charge on any atom is 0.319 e. The Morgan fingerprint density at radius 2 is 2.10 bits per heavy atom. The summed E-state index contributed by atoms with van der Waals surface area (Å²) in [6.45, 7) is 2.44. The topological polar surface area (TPSA) is 35.6 Å². The maximum absolute atomic E-state index is 13.1. The van der Waals surface area contributed by atoms with Crippen molar-refractivity contribution in [2.45, 2.75) is 25.3 Å². The number of carbonyl (C=O) groups is 1. The van der Waals surface area contributed by atoms with Gasteiger partial charge in [0.2, 0.25) is 0 Å².